The van der Waals surface area contributed by atoms with Gasteiger partial charge in [0, 0.05) is 12.0 Å². The second kappa shape index (κ2) is 5.99. The fourth-order valence-corrected chi connectivity index (χ4v) is 2.68. The number of aromatic hydroxyl groups is 1. The van der Waals surface area contributed by atoms with Gasteiger partial charge < -0.3 is 15.3 Å². The van der Waals surface area contributed by atoms with E-state index in [1.807, 2.05) is 33.8 Å². The molecule has 0 aliphatic carbocycles. The highest BCUT2D eigenvalue weighted by atomic mass is 16.3. The number of anilines is 1. The normalized spacial score (nSPS) is 18.4. The van der Waals surface area contributed by atoms with E-state index in [4.69, 9.17) is 0 Å². The third-order valence-electron chi connectivity index (χ3n) is 3.87. The topological polar surface area (TPSA) is 69.6 Å². The standard InChI is InChI=1S/C17H24N2O3/c1-11-7-8-12(14(20)10-11)18-15(21)13-6-5-9-19(13)16(22)17(2,3)4/h7-8,10,13,20H,5-6,9H2,1-4H3,(H,18,21). The molecule has 0 spiro atoms. The van der Waals surface area contributed by atoms with Gasteiger partial charge in [-0.05, 0) is 37.5 Å². The van der Waals surface area contributed by atoms with Crippen LogP contribution in [-0.2, 0) is 9.59 Å². The average Bonchev–Trinajstić information content (AvgIpc) is 2.89. The molecule has 1 aliphatic heterocycles. The van der Waals surface area contributed by atoms with E-state index in [1.54, 1.807) is 17.0 Å². The smallest absolute Gasteiger partial charge is 0.247 e. The summed E-state index contributed by atoms with van der Waals surface area (Å²) >= 11 is 0. The van der Waals surface area contributed by atoms with Gasteiger partial charge in [-0.25, -0.2) is 0 Å². The number of carbonyl (C=O) groups is 2. The molecule has 120 valence electrons. The van der Waals surface area contributed by atoms with Crippen LogP contribution in [0.25, 0.3) is 0 Å². The zero-order valence-corrected chi connectivity index (χ0v) is 13.6. The van der Waals surface area contributed by atoms with Gasteiger partial charge in [0.15, 0.2) is 0 Å². The number of likely N-dealkylation sites (tertiary alicyclic amines) is 1. The summed E-state index contributed by atoms with van der Waals surface area (Å²) in [4.78, 5) is 26.6. The van der Waals surface area contributed by atoms with Gasteiger partial charge in [-0.1, -0.05) is 26.8 Å². The van der Waals surface area contributed by atoms with Crippen molar-refractivity contribution in [2.45, 2.75) is 46.6 Å². The van der Waals surface area contributed by atoms with Crippen LogP contribution in [0.15, 0.2) is 18.2 Å². The SMILES string of the molecule is Cc1ccc(NC(=O)C2CCCN2C(=O)C(C)(C)C)c(O)c1. The van der Waals surface area contributed by atoms with Gasteiger partial charge in [0.25, 0.3) is 0 Å². The minimum atomic E-state index is -0.505. The molecule has 1 saturated heterocycles. The fourth-order valence-electron chi connectivity index (χ4n) is 2.68. The van der Waals surface area contributed by atoms with E-state index in [9.17, 15) is 14.7 Å². The highest BCUT2D eigenvalue weighted by Gasteiger charge is 2.38. The molecule has 1 fully saturated rings. The summed E-state index contributed by atoms with van der Waals surface area (Å²) < 4.78 is 0. The molecule has 1 heterocycles. The first kappa shape index (κ1) is 16.3. The summed E-state index contributed by atoms with van der Waals surface area (Å²) in [6.45, 7) is 8.04. The maximum absolute atomic E-state index is 12.5. The number of hydrogen-bond donors (Lipinski definition) is 2. The van der Waals surface area contributed by atoms with Gasteiger partial charge in [-0.15, -0.1) is 0 Å². The van der Waals surface area contributed by atoms with Crippen molar-refractivity contribution in [3.8, 4) is 5.75 Å². The molecule has 1 aliphatic rings. The highest BCUT2D eigenvalue weighted by molar-refractivity contribution is 5.99. The molecule has 0 bridgehead atoms. The Hall–Kier alpha value is -2.04. The first-order chi connectivity index (χ1) is 10.2. The monoisotopic (exact) mass is 304 g/mol. The van der Waals surface area contributed by atoms with Crippen LogP contribution in [0.1, 0.15) is 39.2 Å². The van der Waals surface area contributed by atoms with Crippen LogP contribution in [-0.4, -0.2) is 34.4 Å². The van der Waals surface area contributed by atoms with Crippen molar-refractivity contribution >= 4 is 17.5 Å². The lowest BCUT2D eigenvalue weighted by molar-refractivity contribution is -0.143. The molecule has 0 aromatic heterocycles. The Morgan fingerprint density at radius 3 is 2.59 bits per heavy atom. The lowest BCUT2D eigenvalue weighted by Crippen LogP contribution is -2.47. The quantitative estimate of drug-likeness (QED) is 0.825. The Bertz CT molecular complexity index is 590. The number of rotatable bonds is 2. The number of phenols is 1. The molecule has 1 aromatic carbocycles. The third-order valence-corrected chi connectivity index (χ3v) is 3.87. The van der Waals surface area contributed by atoms with Crippen LogP contribution in [0.5, 0.6) is 5.75 Å². The summed E-state index contributed by atoms with van der Waals surface area (Å²) in [5.41, 5.74) is 0.793. The van der Waals surface area contributed by atoms with E-state index in [2.05, 4.69) is 5.32 Å². The van der Waals surface area contributed by atoms with Crippen molar-refractivity contribution in [3.05, 3.63) is 23.8 Å². The van der Waals surface area contributed by atoms with E-state index >= 15 is 0 Å². The second-order valence-electron chi connectivity index (χ2n) is 6.92. The first-order valence-electron chi connectivity index (χ1n) is 7.61. The van der Waals surface area contributed by atoms with Gasteiger partial charge in [-0.3, -0.25) is 9.59 Å². The van der Waals surface area contributed by atoms with Gasteiger partial charge in [0.2, 0.25) is 11.8 Å². The molecule has 0 saturated carbocycles. The molecule has 1 atom stereocenters. The van der Waals surface area contributed by atoms with Crippen LogP contribution in [0.2, 0.25) is 0 Å². The summed E-state index contributed by atoms with van der Waals surface area (Å²) in [5.74, 6) is -0.215. The van der Waals surface area contributed by atoms with Crippen molar-refractivity contribution < 1.29 is 14.7 Å². The van der Waals surface area contributed by atoms with Crippen molar-refractivity contribution in [2.24, 2.45) is 5.41 Å². The lowest BCUT2D eigenvalue weighted by atomic mass is 9.94. The zero-order valence-electron chi connectivity index (χ0n) is 13.6. The van der Waals surface area contributed by atoms with Crippen LogP contribution in [0.4, 0.5) is 5.69 Å². The molecule has 1 aromatic rings. The number of amides is 2. The Kier molecular flexibility index (Phi) is 4.44. The molecule has 22 heavy (non-hydrogen) atoms. The van der Waals surface area contributed by atoms with E-state index in [-0.39, 0.29) is 17.6 Å². The lowest BCUT2D eigenvalue weighted by Gasteiger charge is -2.30. The van der Waals surface area contributed by atoms with Crippen LogP contribution < -0.4 is 5.32 Å². The zero-order chi connectivity index (χ0) is 16.5. The van der Waals surface area contributed by atoms with E-state index in [0.29, 0.717) is 18.7 Å². The molecule has 2 rings (SSSR count). The minimum Gasteiger partial charge on any atom is -0.506 e. The number of benzene rings is 1. The molecular formula is C17H24N2O3. The predicted octanol–water partition coefficient (Wildman–Crippen LogP) is 2.68. The van der Waals surface area contributed by atoms with E-state index < -0.39 is 11.5 Å². The summed E-state index contributed by atoms with van der Waals surface area (Å²) in [6, 6.07) is 4.63. The maximum atomic E-state index is 12.5. The van der Waals surface area contributed by atoms with Crippen LogP contribution in [0.3, 0.4) is 0 Å². The minimum absolute atomic E-state index is 0.0155. The number of nitrogens with one attached hydrogen (secondary N) is 1. The van der Waals surface area contributed by atoms with Crippen molar-refractivity contribution in [1.29, 1.82) is 0 Å². The number of aryl methyl sites for hydroxylation is 1. The summed E-state index contributed by atoms with van der Waals surface area (Å²) in [5, 5.41) is 12.6. The van der Waals surface area contributed by atoms with E-state index in [1.165, 1.54) is 0 Å². The molecule has 2 N–H and O–H groups in total. The van der Waals surface area contributed by atoms with Gasteiger partial charge >= 0.3 is 0 Å². The van der Waals surface area contributed by atoms with Gasteiger partial charge in [0.1, 0.15) is 11.8 Å². The highest BCUT2D eigenvalue weighted by Crippen LogP contribution is 2.28. The van der Waals surface area contributed by atoms with Crippen LogP contribution >= 0.6 is 0 Å². The molecular weight excluding hydrogens is 280 g/mol. The third kappa shape index (κ3) is 3.40. The number of nitrogens with zero attached hydrogens (tertiary/aromatic N) is 1. The molecule has 5 heteroatoms. The Morgan fingerprint density at radius 1 is 1.32 bits per heavy atom. The average molecular weight is 304 g/mol. The Labute approximate surface area is 131 Å². The Morgan fingerprint density at radius 2 is 2.00 bits per heavy atom. The molecule has 0 radical (unpaired) electrons. The molecule has 1 unspecified atom stereocenters. The summed E-state index contributed by atoms with van der Waals surface area (Å²) in [7, 11) is 0. The van der Waals surface area contributed by atoms with Gasteiger partial charge in [-0.2, -0.15) is 0 Å². The van der Waals surface area contributed by atoms with Crippen molar-refractivity contribution in [2.75, 3.05) is 11.9 Å². The number of carbonyl (C=O) groups excluding carboxylic acids is 2. The predicted molar refractivity (Wildman–Crippen MR) is 85.7 cm³/mol. The van der Waals surface area contributed by atoms with Crippen LogP contribution in [0, 0.1) is 12.3 Å². The van der Waals surface area contributed by atoms with E-state index in [0.717, 1.165) is 12.0 Å². The molecule has 5 nitrogen and oxygen atoms in total. The Balaban J connectivity index is 2.13. The van der Waals surface area contributed by atoms with Gasteiger partial charge in [0.05, 0.1) is 5.69 Å². The molecule has 2 amide bonds. The maximum Gasteiger partial charge on any atom is 0.247 e. The second-order valence-corrected chi connectivity index (χ2v) is 6.92. The van der Waals surface area contributed by atoms with Crippen molar-refractivity contribution in [1.82, 2.24) is 4.90 Å². The first-order valence-corrected chi connectivity index (χ1v) is 7.61. The summed E-state index contributed by atoms with van der Waals surface area (Å²) in [6.07, 6.45) is 1.47. The fraction of sp³-hybridized carbons (Fsp3) is 0.529. The largest absolute Gasteiger partial charge is 0.506 e. The number of hydrogen-bond acceptors (Lipinski definition) is 3. The number of phenolic OH excluding ortho intramolecular Hbond substituents is 1. The van der Waals surface area contributed by atoms with Crippen molar-refractivity contribution in [3.63, 3.8) is 0 Å².